The minimum Gasteiger partial charge on any atom is -0.394 e. The van der Waals surface area contributed by atoms with Crippen molar-refractivity contribution in [1.29, 1.82) is 0 Å². The SMILES string of the molecule is CCCCCCCCC/C=C\CCCCCCCCCC(=O)NC(COC1OC(CO)C(O)C(O)C1O)C(O)CCCCCCCCCCCCCCCCCCCCCC. The number of unbranched alkanes of at least 4 members (excludes halogenated alkanes) is 33. The maximum Gasteiger partial charge on any atom is 0.220 e. The standard InChI is InChI=1S/C52H101NO8/c1-3-5-7-9-11-13-15-17-19-21-23-24-25-27-29-31-33-35-37-39-41-46(55)45(44-60-52-51(59)50(58)49(57)47(43-54)61-52)53-48(56)42-40-38-36-34-32-30-28-26-22-20-18-16-14-12-10-8-6-4-2/h20,22,45-47,49-52,54-55,57-59H,3-19,21,23-44H2,1-2H3,(H,53,56)/b22-20-. The predicted octanol–water partition coefficient (Wildman–Crippen LogP) is 12.1. The summed E-state index contributed by atoms with van der Waals surface area (Å²) < 4.78 is 11.3. The summed E-state index contributed by atoms with van der Waals surface area (Å²) in [6.07, 6.45) is 43.6. The molecule has 0 radical (unpaired) electrons. The van der Waals surface area contributed by atoms with Gasteiger partial charge in [-0.15, -0.1) is 0 Å². The number of allylic oxidation sites excluding steroid dienone is 2. The Kier molecular flexibility index (Phi) is 40.7. The molecule has 1 aliphatic heterocycles. The highest BCUT2D eigenvalue weighted by molar-refractivity contribution is 5.76. The monoisotopic (exact) mass is 868 g/mol. The van der Waals surface area contributed by atoms with E-state index in [1.54, 1.807) is 0 Å². The van der Waals surface area contributed by atoms with Crippen LogP contribution in [0.25, 0.3) is 0 Å². The van der Waals surface area contributed by atoms with Crippen molar-refractivity contribution < 1.29 is 39.8 Å². The molecular weight excluding hydrogens is 767 g/mol. The summed E-state index contributed by atoms with van der Waals surface area (Å²) in [5, 5.41) is 54.6. The second kappa shape index (κ2) is 42.9. The van der Waals surface area contributed by atoms with Crippen LogP contribution >= 0.6 is 0 Å². The normalized spacial score (nSPS) is 20.4. The Hall–Kier alpha value is -1.07. The van der Waals surface area contributed by atoms with E-state index in [9.17, 15) is 30.3 Å². The van der Waals surface area contributed by atoms with Gasteiger partial charge in [-0.05, 0) is 38.5 Å². The summed E-state index contributed by atoms with van der Waals surface area (Å²) in [7, 11) is 0. The predicted molar refractivity (Wildman–Crippen MR) is 254 cm³/mol. The lowest BCUT2D eigenvalue weighted by Crippen LogP contribution is -2.60. The van der Waals surface area contributed by atoms with Gasteiger partial charge in [-0.25, -0.2) is 0 Å². The fourth-order valence-electron chi connectivity index (χ4n) is 8.63. The lowest BCUT2D eigenvalue weighted by atomic mass is 9.99. The molecule has 0 bridgehead atoms. The number of aliphatic hydroxyl groups excluding tert-OH is 5. The largest absolute Gasteiger partial charge is 0.394 e. The Labute approximate surface area is 376 Å². The average molecular weight is 868 g/mol. The van der Waals surface area contributed by atoms with E-state index >= 15 is 0 Å². The Bertz CT molecular complexity index is 966. The van der Waals surface area contributed by atoms with E-state index in [1.165, 1.54) is 193 Å². The van der Waals surface area contributed by atoms with Gasteiger partial charge < -0.3 is 40.3 Å². The van der Waals surface area contributed by atoms with Crippen LogP contribution in [0.5, 0.6) is 0 Å². The van der Waals surface area contributed by atoms with Crippen LogP contribution < -0.4 is 5.32 Å². The van der Waals surface area contributed by atoms with Crippen LogP contribution in [0.3, 0.4) is 0 Å². The van der Waals surface area contributed by atoms with Gasteiger partial charge in [0, 0.05) is 6.42 Å². The minimum absolute atomic E-state index is 0.136. The number of hydrogen-bond donors (Lipinski definition) is 6. The quantitative estimate of drug-likeness (QED) is 0.0262. The highest BCUT2D eigenvalue weighted by Crippen LogP contribution is 2.23. The first kappa shape index (κ1) is 57.9. The first-order valence-corrected chi connectivity index (χ1v) is 26.4. The van der Waals surface area contributed by atoms with E-state index in [-0.39, 0.29) is 12.5 Å². The topological polar surface area (TPSA) is 149 Å². The third-order valence-electron chi connectivity index (χ3n) is 12.9. The smallest absolute Gasteiger partial charge is 0.220 e. The van der Waals surface area contributed by atoms with Gasteiger partial charge in [-0.2, -0.15) is 0 Å². The number of carbonyl (C=O) groups is 1. The Morgan fingerprint density at radius 1 is 0.541 bits per heavy atom. The maximum absolute atomic E-state index is 13.0. The second-order valence-corrected chi connectivity index (χ2v) is 18.7. The fourth-order valence-corrected chi connectivity index (χ4v) is 8.63. The molecule has 0 aromatic rings. The van der Waals surface area contributed by atoms with Crippen molar-refractivity contribution in [2.75, 3.05) is 13.2 Å². The highest BCUT2D eigenvalue weighted by Gasteiger charge is 2.44. The third-order valence-corrected chi connectivity index (χ3v) is 12.9. The summed E-state index contributed by atoms with van der Waals surface area (Å²) in [6, 6.07) is -0.718. The van der Waals surface area contributed by atoms with E-state index in [2.05, 4.69) is 31.3 Å². The molecule has 362 valence electrons. The van der Waals surface area contributed by atoms with Crippen LogP contribution in [-0.2, 0) is 14.3 Å². The van der Waals surface area contributed by atoms with Crippen LogP contribution in [0.15, 0.2) is 12.2 Å². The molecule has 7 atom stereocenters. The highest BCUT2D eigenvalue weighted by atomic mass is 16.7. The first-order valence-electron chi connectivity index (χ1n) is 26.4. The molecule has 6 N–H and O–H groups in total. The van der Waals surface area contributed by atoms with Gasteiger partial charge in [0.15, 0.2) is 6.29 Å². The van der Waals surface area contributed by atoms with Crippen LogP contribution in [0.2, 0.25) is 0 Å². The zero-order valence-electron chi connectivity index (χ0n) is 39.9. The number of ether oxygens (including phenoxy) is 2. The van der Waals surface area contributed by atoms with Crippen LogP contribution in [-0.4, -0.2) is 87.5 Å². The van der Waals surface area contributed by atoms with Crippen molar-refractivity contribution in [2.24, 2.45) is 0 Å². The molecule has 1 amide bonds. The maximum atomic E-state index is 13.0. The number of carbonyl (C=O) groups excluding carboxylic acids is 1. The van der Waals surface area contributed by atoms with Gasteiger partial charge in [0.1, 0.15) is 24.4 Å². The zero-order chi connectivity index (χ0) is 44.4. The molecule has 1 fully saturated rings. The fraction of sp³-hybridized carbons (Fsp3) is 0.942. The molecule has 9 heteroatoms. The Balaban J connectivity index is 2.26. The van der Waals surface area contributed by atoms with Crippen molar-refractivity contribution in [2.45, 2.75) is 301 Å². The van der Waals surface area contributed by atoms with Gasteiger partial charge in [0.25, 0.3) is 0 Å². The molecule has 7 unspecified atom stereocenters. The molecule has 0 aromatic heterocycles. The molecule has 1 heterocycles. The van der Waals surface area contributed by atoms with Crippen molar-refractivity contribution in [1.82, 2.24) is 5.32 Å². The van der Waals surface area contributed by atoms with Gasteiger partial charge in [0.2, 0.25) is 5.91 Å². The van der Waals surface area contributed by atoms with E-state index in [0.29, 0.717) is 12.8 Å². The summed E-state index contributed by atoms with van der Waals surface area (Å²) >= 11 is 0. The molecule has 0 aliphatic carbocycles. The van der Waals surface area contributed by atoms with Gasteiger partial charge >= 0.3 is 0 Å². The van der Waals surface area contributed by atoms with Crippen molar-refractivity contribution in [3.05, 3.63) is 12.2 Å². The number of rotatable bonds is 45. The molecule has 61 heavy (non-hydrogen) atoms. The summed E-state index contributed by atoms with van der Waals surface area (Å²) in [4.78, 5) is 13.0. The van der Waals surface area contributed by atoms with Gasteiger partial charge in [-0.3, -0.25) is 4.79 Å². The van der Waals surface area contributed by atoms with Crippen molar-refractivity contribution in [3.63, 3.8) is 0 Å². The summed E-state index contributed by atoms with van der Waals surface area (Å²) in [6.45, 7) is 3.86. The lowest BCUT2D eigenvalue weighted by Gasteiger charge is -2.40. The molecule has 0 saturated carbocycles. The zero-order valence-corrected chi connectivity index (χ0v) is 39.9. The molecule has 1 rings (SSSR count). The Morgan fingerprint density at radius 3 is 1.33 bits per heavy atom. The van der Waals surface area contributed by atoms with Crippen LogP contribution in [0.4, 0.5) is 0 Å². The van der Waals surface area contributed by atoms with E-state index in [1.807, 2.05) is 0 Å². The molecule has 0 spiro atoms. The van der Waals surface area contributed by atoms with E-state index in [4.69, 9.17) is 9.47 Å². The molecule has 1 aliphatic rings. The van der Waals surface area contributed by atoms with Gasteiger partial charge in [-0.1, -0.05) is 225 Å². The molecule has 0 aromatic carbocycles. The number of aliphatic hydroxyl groups is 5. The first-order chi connectivity index (χ1) is 29.8. The van der Waals surface area contributed by atoms with Crippen molar-refractivity contribution >= 4 is 5.91 Å². The average Bonchev–Trinajstić information content (AvgIpc) is 3.26. The molecule has 9 nitrogen and oxygen atoms in total. The third kappa shape index (κ3) is 33.1. The molecular formula is C52H101NO8. The Morgan fingerprint density at radius 2 is 0.918 bits per heavy atom. The number of amides is 1. The number of hydrogen-bond acceptors (Lipinski definition) is 8. The lowest BCUT2D eigenvalue weighted by molar-refractivity contribution is -0.302. The molecule has 1 saturated heterocycles. The summed E-state index contributed by atoms with van der Waals surface area (Å²) in [5.41, 5.74) is 0. The van der Waals surface area contributed by atoms with E-state index in [0.717, 1.165) is 38.5 Å². The summed E-state index contributed by atoms with van der Waals surface area (Å²) in [5.74, 6) is -0.145. The second-order valence-electron chi connectivity index (χ2n) is 18.7. The van der Waals surface area contributed by atoms with Crippen LogP contribution in [0.1, 0.15) is 258 Å². The number of nitrogens with one attached hydrogen (secondary N) is 1. The van der Waals surface area contributed by atoms with Gasteiger partial charge in [0.05, 0.1) is 25.4 Å². The minimum atomic E-state index is -1.55. The van der Waals surface area contributed by atoms with E-state index < -0.39 is 49.5 Å². The van der Waals surface area contributed by atoms with Crippen molar-refractivity contribution in [3.8, 4) is 0 Å². The van der Waals surface area contributed by atoms with Crippen LogP contribution in [0, 0.1) is 0 Å².